The summed E-state index contributed by atoms with van der Waals surface area (Å²) in [6.07, 6.45) is -0.558. The summed E-state index contributed by atoms with van der Waals surface area (Å²) >= 11 is 0. The SMILES string of the molecule is N#C[C@@H]1[C@H]2ON=C(c3ccccc3)[C@H]2c2ccccc2N1C(=O)c1ccccc1. The van der Waals surface area contributed by atoms with Crippen LogP contribution in [0.4, 0.5) is 5.69 Å². The van der Waals surface area contributed by atoms with E-state index in [0.29, 0.717) is 5.56 Å². The van der Waals surface area contributed by atoms with E-state index in [0.717, 1.165) is 22.5 Å². The standard InChI is InChI=1S/C24H17N3O2/c25-15-20-23-21(22(26-29-23)16-9-3-1-4-10-16)18-13-7-8-14-19(18)27(20)24(28)17-11-5-2-6-12-17/h1-14,20-21,23H/t20-,21-,23-/m1/s1. The molecule has 0 N–H and O–H groups in total. The third-order valence-electron chi connectivity index (χ3n) is 5.46. The first-order chi connectivity index (χ1) is 14.3. The zero-order chi connectivity index (χ0) is 19.8. The summed E-state index contributed by atoms with van der Waals surface area (Å²) < 4.78 is 0. The number of carbonyl (C=O) groups excluding carboxylic acids is 1. The van der Waals surface area contributed by atoms with E-state index < -0.39 is 12.1 Å². The summed E-state index contributed by atoms with van der Waals surface area (Å²) in [5.41, 5.74) is 3.93. The molecule has 3 atom stereocenters. The summed E-state index contributed by atoms with van der Waals surface area (Å²) in [7, 11) is 0. The molecule has 140 valence electrons. The Balaban J connectivity index is 1.65. The van der Waals surface area contributed by atoms with Crippen molar-refractivity contribution in [3.63, 3.8) is 0 Å². The third kappa shape index (κ3) is 2.69. The molecule has 5 heteroatoms. The summed E-state index contributed by atoms with van der Waals surface area (Å²) in [6, 6.07) is 28.0. The Morgan fingerprint density at radius 1 is 0.931 bits per heavy atom. The van der Waals surface area contributed by atoms with Crippen LogP contribution < -0.4 is 4.90 Å². The van der Waals surface area contributed by atoms with E-state index in [1.165, 1.54) is 0 Å². The largest absolute Gasteiger partial charge is 0.388 e. The first kappa shape index (κ1) is 17.2. The highest BCUT2D eigenvalue weighted by molar-refractivity contribution is 6.12. The number of carbonyl (C=O) groups is 1. The summed E-state index contributed by atoms with van der Waals surface area (Å²) in [6.45, 7) is 0. The van der Waals surface area contributed by atoms with Crippen LogP contribution in [0.1, 0.15) is 27.4 Å². The van der Waals surface area contributed by atoms with Gasteiger partial charge in [-0.2, -0.15) is 5.26 Å². The Kier molecular flexibility index (Phi) is 4.10. The number of oxime groups is 1. The van der Waals surface area contributed by atoms with Crippen molar-refractivity contribution < 1.29 is 9.63 Å². The highest BCUT2D eigenvalue weighted by atomic mass is 16.6. The minimum Gasteiger partial charge on any atom is -0.388 e. The predicted molar refractivity (Wildman–Crippen MR) is 110 cm³/mol. The van der Waals surface area contributed by atoms with Crippen LogP contribution in [0.15, 0.2) is 90.1 Å². The number of hydrogen-bond donors (Lipinski definition) is 0. The van der Waals surface area contributed by atoms with Gasteiger partial charge in [0.15, 0.2) is 12.1 Å². The van der Waals surface area contributed by atoms with Gasteiger partial charge in [-0.05, 0) is 23.8 Å². The zero-order valence-electron chi connectivity index (χ0n) is 15.5. The first-order valence-corrected chi connectivity index (χ1v) is 9.46. The molecule has 3 aromatic rings. The maximum Gasteiger partial charge on any atom is 0.259 e. The molecule has 5 nitrogen and oxygen atoms in total. The number of hydrogen-bond acceptors (Lipinski definition) is 4. The van der Waals surface area contributed by atoms with E-state index in [9.17, 15) is 10.1 Å². The lowest BCUT2D eigenvalue weighted by Gasteiger charge is -2.39. The molecule has 29 heavy (non-hydrogen) atoms. The van der Waals surface area contributed by atoms with Crippen LogP contribution in [0.5, 0.6) is 0 Å². The number of nitrogens with zero attached hydrogens (tertiary/aromatic N) is 3. The van der Waals surface area contributed by atoms with Crippen molar-refractivity contribution >= 4 is 17.3 Å². The van der Waals surface area contributed by atoms with E-state index in [1.807, 2.05) is 72.8 Å². The van der Waals surface area contributed by atoms with Gasteiger partial charge in [0.1, 0.15) is 0 Å². The molecule has 0 saturated heterocycles. The first-order valence-electron chi connectivity index (χ1n) is 9.46. The molecular weight excluding hydrogens is 362 g/mol. The van der Waals surface area contributed by atoms with Crippen molar-refractivity contribution in [3.8, 4) is 6.07 Å². The monoisotopic (exact) mass is 379 g/mol. The van der Waals surface area contributed by atoms with Crippen LogP contribution >= 0.6 is 0 Å². The molecule has 5 rings (SSSR count). The van der Waals surface area contributed by atoms with Crippen LogP contribution in [-0.2, 0) is 4.84 Å². The Morgan fingerprint density at radius 2 is 1.59 bits per heavy atom. The molecule has 0 fully saturated rings. The van der Waals surface area contributed by atoms with Crippen LogP contribution in [0, 0.1) is 11.3 Å². The molecule has 2 heterocycles. The van der Waals surface area contributed by atoms with Gasteiger partial charge in [-0.15, -0.1) is 0 Å². The van der Waals surface area contributed by atoms with E-state index in [4.69, 9.17) is 4.84 Å². The Hall–Kier alpha value is -3.91. The van der Waals surface area contributed by atoms with Gasteiger partial charge in [0.05, 0.1) is 17.7 Å². The number of nitriles is 1. The smallest absolute Gasteiger partial charge is 0.259 e. The maximum atomic E-state index is 13.4. The van der Waals surface area contributed by atoms with E-state index in [-0.39, 0.29) is 11.8 Å². The number of rotatable bonds is 2. The minimum atomic E-state index is -0.785. The molecule has 0 saturated carbocycles. The fourth-order valence-electron chi connectivity index (χ4n) is 4.15. The van der Waals surface area contributed by atoms with Crippen molar-refractivity contribution in [3.05, 3.63) is 102 Å². The average Bonchev–Trinajstić information content (AvgIpc) is 3.24. The molecule has 2 aliphatic heterocycles. The van der Waals surface area contributed by atoms with Crippen molar-refractivity contribution in [2.75, 3.05) is 4.90 Å². The van der Waals surface area contributed by atoms with Crippen molar-refractivity contribution in [2.45, 2.75) is 18.1 Å². The van der Waals surface area contributed by atoms with Crippen LogP contribution in [-0.4, -0.2) is 23.8 Å². The fraction of sp³-hybridized carbons (Fsp3) is 0.125. The molecule has 0 bridgehead atoms. The fourth-order valence-corrected chi connectivity index (χ4v) is 4.15. The highest BCUT2D eigenvalue weighted by Gasteiger charge is 2.50. The van der Waals surface area contributed by atoms with Crippen molar-refractivity contribution in [2.24, 2.45) is 5.16 Å². The molecule has 0 spiro atoms. The lowest BCUT2D eigenvalue weighted by molar-refractivity contribution is 0.0596. The Bertz CT molecular complexity index is 1140. The average molecular weight is 379 g/mol. The van der Waals surface area contributed by atoms with Gasteiger partial charge in [-0.3, -0.25) is 9.69 Å². The summed E-state index contributed by atoms with van der Waals surface area (Å²) in [5.74, 6) is -0.433. The lowest BCUT2D eigenvalue weighted by Crippen LogP contribution is -2.52. The minimum absolute atomic E-state index is 0.210. The molecule has 2 aliphatic rings. The van der Waals surface area contributed by atoms with E-state index >= 15 is 0 Å². The van der Waals surface area contributed by atoms with Gasteiger partial charge in [0.25, 0.3) is 5.91 Å². The number of anilines is 1. The van der Waals surface area contributed by atoms with E-state index in [1.54, 1.807) is 17.0 Å². The molecule has 0 unspecified atom stereocenters. The molecule has 0 radical (unpaired) electrons. The number of benzene rings is 3. The van der Waals surface area contributed by atoms with Gasteiger partial charge in [0, 0.05) is 16.8 Å². The van der Waals surface area contributed by atoms with Gasteiger partial charge < -0.3 is 4.84 Å². The lowest BCUT2D eigenvalue weighted by atomic mass is 9.79. The number of fused-ring (bicyclic) bond motifs is 3. The predicted octanol–water partition coefficient (Wildman–Crippen LogP) is 4.13. The molecule has 3 aromatic carbocycles. The van der Waals surface area contributed by atoms with Gasteiger partial charge in [-0.25, -0.2) is 0 Å². The summed E-state index contributed by atoms with van der Waals surface area (Å²) in [5, 5.41) is 14.4. The Morgan fingerprint density at radius 3 is 2.31 bits per heavy atom. The van der Waals surface area contributed by atoms with Gasteiger partial charge >= 0.3 is 0 Å². The second-order valence-corrected chi connectivity index (χ2v) is 7.06. The third-order valence-corrected chi connectivity index (χ3v) is 5.46. The van der Waals surface area contributed by atoms with Crippen LogP contribution in [0.25, 0.3) is 0 Å². The van der Waals surface area contributed by atoms with Crippen LogP contribution in [0.3, 0.4) is 0 Å². The van der Waals surface area contributed by atoms with E-state index in [2.05, 4.69) is 11.2 Å². The topological polar surface area (TPSA) is 65.7 Å². The van der Waals surface area contributed by atoms with Crippen LogP contribution in [0.2, 0.25) is 0 Å². The van der Waals surface area contributed by atoms with Crippen molar-refractivity contribution in [1.82, 2.24) is 0 Å². The molecule has 0 aromatic heterocycles. The maximum absolute atomic E-state index is 13.4. The highest BCUT2D eigenvalue weighted by Crippen LogP contribution is 2.45. The quantitative estimate of drug-likeness (QED) is 0.673. The van der Waals surface area contributed by atoms with Crippen molar-refractivity contribution in [1.29, 1.82) is 5.26 Å². The second-order valence-electron chi connectivity index (χ2n) is 7.06. The summed E-state index contributed by atoms with van der Waals surface area (Å²) in [4.78, 5) is 20.7. The number of amides is 1. The van der Waals surface area contributed by atoms with Gasteiger partial charge in [0.2, 0.25) is 0 Å². The zero-order valence-corrected chi connectivity index (χ0v) is 15.5. The van der Waals surface area contributed by atoms with Gasteiger partial charge in [-0.1, -0.05) is 71.9 Å². The Labute approximate surface area is 168 Å². The molecule has 0 aliphatic carbocycles. The second kappa shape index (κ2) is 6.92. The molecular formula is C24H17N3O2. The molecule has 1 amide bonds. The number of para-hydroxylation sites is 1. The normalized spacial score (nSPS) is 22.0.